The molecule has 0 spiro atoms. The quantitative estimate of drug-likeness (QED) is 0.700. The minimum Gasteiger partial charge on any atom is -0.484 e. The number of fused-ring (bicyclic) bond motifs is 1. The van der Waals surface area contributed by atoms with E-state index in [-0.39, 0.29) is 12.5 Å². The van der Waals surface area contributed by atoms with Crippen molar-refractivity contribution < 1.29 is 9.53 Å². The van der Waals surface area contributed by atoms with Gasteiger partial charge in [-0.1, -0.05) is 48.5 Å². The molecule has 0 heterocycles. The third-order valence-electron chi connectivity index (χ3n) is 6.34. The van der Waals surface area contributed by atoms with E-state index >= 15 is 0 Å². The normalized spacial score (nSPS) is 20.6. The van der Waals surface area contributed by atoms with Gasteiger partial charge in [0, 0.05) is 18.4 Å². The lowest BCUT2D eigenvalue weighted by Crippen LogP contribution is -2.40. The number of hydrogen-bond donors (Lipinski definition) is 1. The average molecular weight is 394 g/mol. The van der Waals surface area contributed by atoms with Crippen molar-refractivity contribution >= 4 is 5.91 Å². The van der Waals surface area contributed by atoms with Crippen LogP contribution in [0.4, 0.5) is 0 Å². The Hall–Kier alpha value is -3.58. The lowest BCUT2D eigenvalue weighted by molar-refractivity contribution is -0.123. The first-order valence-electron chi connectivity index (χ1n) is 10.3. The second-order valence-corrected chi connectivity index (χ2v) is 8.01. The number of ether oxygens (including phenoxy) is 1. The highest BCUT2D eigenvalue weighted by molar-refractivity contribution is 5.77. The molecule has 30 heavy (non-hydrogen) atoms. The van der Waals surface area contributed by atoms with Crippen molar-refractivity contribution in [3.63, 3.8) is 0 Å². The van der Waals surface area contributed by atoms with Crippen LogP contribution in [0, 0.1) is 17.2 Å². The van der Waals surface area contributed by atoms with E-state index < -0.39 is 0 Å². The Morgan fingerprint density at radius 3 is 2.13 bits per heavy atom. The molecule has 3 aliphatic carbocycles. The third kappa shape index (κ3) is 3.23. The van der Waals surface area contributed by atoms with Crippen LogP contribution in [0.3, 0.4) is 0 Å². The number of carbonyl (C=O) groups excluding carboxylic acids is 1. The fourth-order valence-electron chi connectivity index (χ4n) is 5.03. The summed E-state index contributed by atoms with van der Waals surface area (Å²) in [6.45, 7) is 0.610. The monoisotopic (exact) mass is 394 g/mol. The van der Waals surface area contributed by atoms with Crippen LogP contribution in [0.1, 0.15) is 46.1 Å². The first-order valence-corrected chi connectivity index (χ1v) is 10.3. The number of amides is 1. The summed E-state index contributed by atoms with van der Waals surface area (Å²) in [7, 11) is 0. The van der Waals surface area contributed by atoms with E-state index in [1.54, 1.807) is 24.3 Å². The SMILES string of the molecule is N#Cc1ccc(OCC(=O)NCC2CC3c4ccccc4C2c2ccccc23)cc1. The number of nitriles is 1. The van der Waals surface area contributed by atoms with Crippen molar-refractivity contribution in [2.75, 3.05) is 13.2 Å². The molecule has 4 nitrogen and oxygen atoms in total. The molecule has 2 bridgehead atoms. The summed E-state index contributed by atoms with van der Waals surface area (Å²) in [6, 6.07) is 26.3. The molecule has 0 radical (unpaired) electrons. The summed E-state index contributed by atoms with van der Waals surface area (Å²) >= 11 is 0. The van der Waals surface area contributed by atoms with Crippen molar-refractivity contribution in [2.45, 2.75) is 18.3 Å². The third-order valence-corrected chi connectivity index (χ3v) is 6.34. The molecule has 3 aromatic rings. The number of rotatable bonds is 5. The molecule has 0 saturated heterocycles. The van der Waals surface area contributed by atoms with Crippen LogP contribution in [0.5, 0.6) is 5.75 Å². The number of nitrogens with zero attached hydrogens (tertiary/aromatic N) is 1. The van der Waals surface area contributed by atoms with Crippen LogP contribution in [-0.2, 0) is 4.79 Å². The number of hydrogen-bond acceptors (Lipinski definition) is 3. The van der Waals surface area contributed by atoms with Crippen molar-refractivity contribution in [1.82, 2.24) is 5.32 Å². The lowest BCUT2D eigenvalue weighted by Gasteiger charge is -2.45. The second kappa shape index (κ2) is 7.68. The highest BCUT2D eigenvalue weighted by Crippen LogP contribution is 2.55. The minimum absolute atomic E-state index is 0.0279. The first kappa shape index (κ1) is 18.4. The molecule has 1 N–H and O–H groups in total. The van der Waals surface area contributed by atoms with Gasteiger partial charge in [-0.2, -0.15) is 5.26 Å². The predicted octanol–water partition coefficient (Wildman–Crippen LogP) is 4.35. The standard InChI is InChI=1S/C26H22N2O2/c27-14-17-9-11-19(12-10-17)30-16-25(29)28-15-18-13-24-20-5-1-3-7-22(20)26(18)23-8-4-2-6-21(23)24/h1-12,18,24,26H,13,15-16H2,(H,28,29). The van der Waals surface area contributed by atoms with Gasteiger partial charge in [-0.05, 0) is 58.9 Å². The highest BCUT2D eigenvalue weighted by atomic mass is 16.5. The molecule has 3 aromatic carbocycles. The van der Waals surface area contributed by atoms with E-state index in [9.17, 15) is 4.79 Å². The van der Waals surface area contributed by atoms with Crippen LogP contribution < -0.4 is 10.1 Å². The number of benzene rings is 3. The lowest BCUT2D eigenvalue weighted by atomic mass is 9.59. The Morgan fingerprint density at radius 1 is 0.933 bits per heavy atom. The Morgan fingerprint density at radius 2 is 1.53 bits per heavy atom. The predicted molar refractivity (Wildman–Crippen MR) is 114 cm³/mol. The summed E-state index contributed by atoms with van der Waals surface area (Å²) in [5.74, 6) is 1.56. The summed E-state index contributed by atoms with van der Waals surface area (Å²) in [5, 5.41) is 11.9. The van der Waals surface area contributed by atoms with E-state index in [2.05, 4.69) is 59.9 Å². The van der Waals surface area contributed by atoms with Gasteiger partial charge < -0.3 is 10.1 Å². The molecule has 1 atom stereocenters. The molecule has 0 aromatic heterocycles. The Labute approximate surface area is 176 Å². The zero-order valence-corrected chi connectivity index (χ0v) is 16.5. The van der Waals surface area contributed by atoms with Gasteiger partial charge in [0.15, 0.2) is 6.61 Å². The van der Waals surface area contributed by atoms with Gasteiger partial charge in [0.05, 0.1) is 11.6 Å². The molecule has 1 amide bonds. The molecule has 148 valence electrons. The van der Waals surface area contributed by atoms with Crippen LogP contribution >= 0.6 is 0 Å². The summed E-state index contributed by atoms with van der Waals surface area (Å²) in [4.78, 5) is 12.4. The number of carbonyl (C=O) groups is 1. The van der Waals surface area contributed by atoms with Gasteiger partial charge in [-0.25, -0.2) is 0 Å². The molecule has 3 aliphatic rings. The maximum atomic E-state index is 12.4. The van der Waals surface area contributed by atoms with E-state index in [0.717, 1.165) is 6.42 Å². The highest BCUT2D eigenvalue weighted by Gasteiger charge is 2.42. The van der Waals surface area contributed by atoms with E-state index in [1.807, 2.05) is 0 Å². The van der Waals surface area contributed by atoms with Gasteiger partial charge in [0.2, 0.25) is 0 Å². The Balaban J connectivity index is 1.26. The molecular weight excluding hydrogens is 372 g/mol. The fourth-order valence-corrected chi connectivity index (χ4v) is 5.03. The van der Waals surface area contributed by atoms with Gasteiger partial charge in [-0.15, -0.1) is 0 Å². The summed E-state index contributed by atoms with van der Waals surface area (Å²) in [5.41, 5.74) is 6.25. The van der Waals surface area contributed by atoms with Gasteiger partial charge in [0.25, 0.3) is 5.91 Å². The molecule has 0 aliphatic heterocycles. The molecule has 4 heteroatoms. The molecule has 6 rings (SSSR count). The first-order chi connectivity index (χ1) is 14.7. The van der Waals surface area contributed by atoms with Crippen LogP contribution in [0.25, 0.3) is 0 Å². The Bertz CT molecular complexity index is 1080. The van der Waals surface area contributed by atoms with Crippen LogP contribution in [-0.4, -0.2) is 19.1 Å². The average Bonchev–Trinajstić information content (AvgIpc) is 2.82. The zero-order valence-electron chi connectivity index (χ0n) is 16.5. The smallest absolute Gasteiger partial charge is 0.257 e. The van der Waals surface area contributed by atoms with Crippen molar-refractivity contribution in [2.24, 2.45) is 5.92 Å². The van der Waals surface area contributed by atoms with E-state index in [0.29, 0.717) is 35.6 Å². The zero-order chi connectivity index (χ0) is 20.5. The van der Waals surface area contributed by atoms with E-state index in [1.165, 1.54) is 22.3 Å². The number of nitrogens with one attached hydrogen (secondary N) is 1. The van der Waals surface area contributed by atoms with E-state index in [4.69, 9.17) is 10.00 Å². The maximum absolute atomic E-state index is 12.4. The Kier molecular flexibility index (Phi) is 4.72. The minimum atomic E-state index is -0.123. The van der Waals surface area contributed by atoms with Gasteiger partial charge in [-0.3, -0.25) is 4.79 Å². The molecule has 1 unspecified atom stereocenters. The summed E-state index contributed by atoms with van der Waals surface area (Å²) in [6.07, 6.45) is 1.05. The largest absolute Gasteiger partial charge is 0.484 e. The molecule has 0 fully saturated rings. The van der Waals surface area contributed by atoms with Crippen molar-refractivity contribution in [3.05, 3.63) is 101 Å². The van der Waals surface area contributed by atoms with Crippen LogP contribution in [0.2, 0.25) is 0 Å². The van der Waals surface area contributed by atoms with Crippen molar-refractivity contribution in [1.29, 1.82) is 5.26 Å². The molecule has 0 saturated carbocycles. The summed E-state index contributed by atoms with van der Waals surface area (Å²) < 4.78 is 5.56. The topological polar surface area (TPSA) is 62.1 Å². The molecular formula is C26H22N2O2. The van der Waals surface area contributed by atoms with Gasteiger partial charge >= 0.3 is 0 Å². The van der Waals surface area contributed by atoms with Crippen molar-refractivity contribution in [3.8, 4) is 11.8 Å². The van der Waals surface area contributed by atoms with Crippen LogP contribution in [0.15, 0.2) is 72.8 Å². The van der Waals surface area contributed by atoms with Gasteiger partial charge in [0.1, 0.15) is 5.75 Å². The maximum Gasteiger partial charge on any atom is 0.257 e. The fraction of sp³-hybridized carbons (Fsp3) is 0.231. The second-order valence-electron chi connectivity index (χ2n) is 8.01.